The highest BCUT2D eigenvalue weighted by molar-refractivity contribution is 5.95. The van der Waals surface area contributed by atoms with Crippen LogP contribution >= 0.6 is 0 Å². The first-order chi connectivity index (χ1) is 10.6. The Morgan fingerprint density at radius 3 is 2.77 bits per heavy atom. The molecule has 2 nitrogen and oxygen atoms in total. The van der Waals surface area contributed by atoms with Crippen molar-refractivity contribution in [2.75, 3.05) is 4.90 Å². The van der Waals surface area contributed by atoms with Crippen LogP contribution in [0.5, 0.6) is 0 Å². The van der Waals surface area contributed by atoms with Crippen LogP contribution in [0.15, 0.2) is 48.5 Å². The molecule has 0 fully saturated rings. The molecular formula is C19H20FNO. The van der Waals surface area contributed by atoms with Crippen molar-refractivity contribution in [1.82, 2.24) is 0 Å². The lowest BCUT2D eigenvalue weighted by molar-refractivity contribution is -0.119. The smallest absolute Gasteiger partial charge is 0.227 e. The molecule has 0 radical (unpaired) electrons. The standard InChI is InChI=1S/C19H20FNO/c1-14-7-9-16-13-17(20)10-11-18(16)21(14)19(22)12-8-15-5-3-2-4-6-15/h2-6,10-11,13-14H,7-9,12H2,1H3/t14-/m1/s1. The monoisotopic (exact) mass is 297 g/mol. The van der Waals surface area contributed by atoms with Gasteiger partial charge in [0, 0.05) is 18.2 Å². The molecule has 1 aliphatic heterocycles. The molecule has 2 aromatic carbocycles. The Kier molecular flexibility index (Phi) is 4.23. The molecule has 1 heterocycles. The van der Waals surface area contributed by atoms with Crippen molar-refractivity contribution in [3.05, 3.63) is 65.5 Å². The summed E-state index contributed by atoms with van der Waals surface area (Å²) in [6.45, 7) is 2.06. The third-order valence-corrected chi connectivity index (χ3v) is 4.31. The van der Waals surface area contributed by atoms with Crippen LogP contribution in [-0.2, 0) is 17.6 Å². The highest BCUT2D eigenvalue weighted by Gasteiger charge is 2.28. The number of carbonyl (C=O) groups is 1. The van der Waals surface area contributed by atoms with Crippen LogP contribution in [-0.4, -0.2) is 11.9 Å². The van der Waals surface area contributed by atoms with Crippen molar-refractivity contribution in [2.45, 2.75) is 38.6 Å². The third kappa shape index (κ3) is 3.03. The first kappa shape index (κ1) is 14.8. The van der Waals surface area contributed by atoms with Gasteiger partial charge in [-0.2, -0.15) is 0 Å². The first-order valence-corrected chi connectivity index (χ1v) is 7.79. The van der Waals surface area contributed by atoms with Gasteiger partial charge in [0.2, 0.25) is 5.91 Å². The lowest BCUT2D eigenvalue weighted by Gasteiger charge is -2.35. The van der Waals surface area contributed by atoms with E-state index in [2.05, 4.69) is 6.92 Å². The Morgan fingerprint density at radius 2 is 2.00 bits per heavy atom. The maximum absolute atomic E-state index is 13.4. The van der Waals surface area contributed by atoms with Gasteiger partial charge in [-0.15, -0.1) is 0 Å². The number of nitrogens with zero attached hydrogens (tertiary/aromatic N) is 1. The van der Waals surface area contributed by atoms with Crippen molar-refractivity contribution in [1.29, 1.82) is 0 Å². The Hall–Kier alpha value is -2.16. The Balaban J connectivity index is 1.77. The predicted octanol–water partition coefficient (Wildman–Crippen LogP) is 4.13. The van der Waals surface area contributed by atoms with E-state index < -0.39 is 0 Å². The fraction of sp³-hybridized carbons (Fsp3) is 0.316. The number of halogens is 1. The number of benzene rings is 2. The van der Waals surface area contributed by atoms with Gasteiger partial charge in [0.1, 0.15) is 5.82 Å². The zero-order valence-electron chi connectivity index (χ0n) is 12.8. The van der Waals surface area contributed by atoms with Crippen molar-refractivity contribution < 1.29 is 9.18 Å². The van der Waals surface area contributed by atoms with Gasteiger partial charge in [0.25, 0.3) is 0 Å². The van der Waals surface area contributed by atoms with Crippen LogP contribution in [0.4, 0.5) is 10.1 Å². The minimum absolute atomic E-state index is 0.115. The summed E-state index contributed by atoms with van der Waals surface area (Å²) in [5, 5.41) is 0. The van der Waals surface area contributed by atoms with E-state index >= 15 is 0 Å². The fourth-order valence-electron chi connectivity index (χ4n) is 3.12. The average molecular weight is 297 g/mol. The van der Waals surface area contributed by atoms with E-state index in [4.69, 9.17) is 0 Å². The van der Waals surface area contributed by atoms with Crippen LogP contribution in [0.25, 0.3) is 0 Å². The van der Waals surface area contributed by atoms with Gasteiger partial charge < -0.3 is 4.90 Å². The van der Waals surface area contributed by atoms with Crippen molar-refractivity contribution in [3.8, 4) is 0 Å². The molecule has 0 saturated carbocycles. The van der Waals surface area contributed by atoms with Gasteiger partial charge in [-0.05, 0) is 55.5 Å². The molecule has 0 spiro atoms. The third-order valence-electron chi connectivity index (χ3n) is 4.31. The highest BCUT2D eigenvalue weighted by Crippen LogP contribution is 2.31. The van der Waals surface area contributed by atoms with Crippen LogP contribution < -0.4 is 4.90 Å². The van der Waals surface area contributed by atoms with E-state index in [1.165, 1.54) is 11.6 Å². The molecule has 0 saturated heterocycles. The van der Waals surface area contributed by atoms with Gasteiger partial charge in [0.05, 0.1) is 0 Å². The van der Waals surface area contributed by atoms with Gasteiger partial charge in [-0.1, -0.05) is 30.3 Å². The Labute approximate surface area is 130 Å². The lowest BCUT2D eigenvalue weighted by Crippen LogP contribution is -2.42. The molecule has 1 amide bonds. The normalized spacial score (nSPS) is 17.2. The number of carbonyl (C=O) groups excluding carboxylic acids is 1. The highest BCUT2D eigenvalue weighted by atomic mass is 19.1. The zero-order valence-corrected chi connectivity index (χ0v) is 12.8. The summed E-state index contributed by atoms with van der Waals surface area (Å²) in [6.07, 6.45) is 2.93. The van der Waals surface area contributed by atoms with Crippen molar-refractivity contribution >= 4 is 11.6 Å². The van der Waals surface area contributed by atoms with E-state index in [1.807, 2.05) is 35.2 Å². The molecule has 0 aliphatic carbocycles. The van der Waals surface area contributed by atoms with Crippen LogP contribution in [0.2, 0.25) is 0 Å². The number of amides is 1. The minimum atomic E-state index is -0.231. The molecule has 0 unspecified atom stereocenters. The summed E-state index contributed by atoms with van der Waals surface area (Å²) in [6, 6.07) is 14.9. The summed E-state index contributed by atoms with van der Waals surface area (Å²) in [7, 11) is 0. The molecule has 1 aliphatic rings. The second-order valence-electron chi connectivity index (χ2n) is 5.91. The number of hydrogen-bond acceptors (Lipinski definition) is 1. The fourth-order valence-corrected chi connectivity index (χ4v) is 3.12. The molecule has 0 bridgehead atoms. The lowest BCUT2D eigenvalue weighted by atomic mass is 9.95. The topological polar surface area (TPSA) is 20.3 Å². The van der Waals surface area contributed by atoms with E-state index in [-0.39, 0.29) is 17.8 Å². The number of anilines is 1. The summed E-state index contributed by atoms with van der Waals surface area (Å²) in [5.74, 6) is -0.117. The zero-order chi connectivity index (χ0) is 15.5. The molecule has 3 heteroatoms. The number of rotatable bonds is 3. The number of fused-ring (bicyclic) bond motifs is 1. The summed E-state index contributed by atoms with van der Waals surface area (Å²) >= 11 is 0. The predicted molar refractivity (Wildman–Crippen MR) is 86.4 cm³/mol. The average Bonchev–Trinajstić information content (AvgIpc) is 2.54. The largest absolute Gasteiger partial charge is 0.309 e. The molecular weight excluding hydrogens is 277 g/mol. The Bertz CT molecular complexity index is 668. The van der Waals surface area contributed by atoms with E-state index in [9.17, 15) is 9.18 Å². The number of hydrogen-bond donors (Lipinski definition) is 0. The van der Waals surface area contributed by atoms with Gasteiger partial charge in [-0.3, -0.25) is 4.79 Å². The quantitative estimate of drug-likeness (QED) is 0.834. The molecule has 1 atom stereocenters. The van der Waals surface area contributed by atoms with Crippen LogP contribution in [0.1, 0.15) is 30.9 Å². The van der Waals surface area contributed by atoms with Gasteiger partial charge in [-0.25, -0.2) is 4.39 Å². The molecule has 3 rings (SSSR count). The molecule has 2 aromatic rings. The summed E-state index contributed by atoms with van der Waals surface area (Å²) < 4.78 is 13.4. The minimum Gasteiger partial charge on any atom is -0.309 e. The van der Waals surface area contributed by atoms with Crippen LogP contribution in [0, 0.1) is 5.82 Å². The second-order valence-corrected chi connectivity index (χ2v) is 5.91. The Morgan fingerprint density at radius 1 is 1.23 bits per heavy atom. The molecule has 0 N–H and O–H groups in total. The van der Waals surface area contributed by atoms with Gasteiger partial charge in [0.15, 0.2) is 0 Å². The van der Waals surface area contributed by atoms with E-state index in [0.29, 0.717) is 6.42 Å². The molecule has 114 valence electrons. The maximum atomic E-state index is 13.4. The van der Waals surface area contributed by atoms with Crippen molar-refractivity contribution in [3.63, 3.8) is 0 Å². The second kappa shape index (κ2) is 6.30. The maximum Gasteiger partial charge on any atom is 0.227 e. The van der Waals surface area contributed by atoms with Crippen molar-refractivity contribution in [2.24, 2.45) is 0 Å². The van der Waals surface area contributed by atoms with Gasteiger partial charge >= 0.3 is 0 Å². The van der Waals surface area contributed by atoms with E-state index in [0.717, 1.165) is 30.5 Å². The number of aryl methyl sites for hydroxylation is 2. The van der Waals surface area contributed by atoms with Crippen LogP contribution in [0.3, 0.4) is 0 Å². The first-order valence-electron chi connectivity index (χ1n) is 7.79. The molecule has 22 heavy (non-hydrogen) atoms. The van der Waals surface area contributed by atoms with E-state index in [1.54, 1.807) is 12.1 Å². The molecule has 0 aromatic heterocycles. The SMILES string of the molecule is C[C@@H]1CCc2cc(F)ccc2N1C(=O)CCc1ccccc1. The summed E-state index contributed by atoms with van der Waals surface area (Å²) in [4.78, 5) is 14.5. The summed E-state index contributed by atoms with van der Waals surface area (Å²) in [5.41, 5.74) is 2.98.